The maximum absolute atomic E-state index is 13.1. The number of hydrogen-bond acceptors (Lipinski definition) is 2. The number of carbonyl (C=O) groups excluding carboxylic acids is 1. The number of likely N-dealkylation sites (tertiary alicyclic amines) is 1. The Morgan fingerprint density at radius 1 is 1.12 bits per heavy atom. The molecule has 0 saturated carbocycles. The van der Waals surface area contributed by atoms with Gasteiger partial charge in [0.15, 0.2) is 0 Å². The highest BCUT2D eigenvalue weighted by molar-refractivity contribution is 5.95. The van der Waals surface area contributed by atoms with Gasteiger partial charge in [0.05, 0.1) is 6.42 Å². The highest BCUT2D eigenvalue weighted by Crippen LogP contribution is 2.42. The summed E-state index contributed by atoms with van der Waals surface area (Å²) >= 11 is 0. The minimum atomic E-state index is -0.893. The summed E-state index contributed by atoms with van der Waals surface area (Å²) < 4.78 is 0. The fourth-order valence-electron chi connectivity index (χ4n) is 3.86. The Labute approximate surface area is 148 Å². The normalized spacial score (nSPS) is 19.0. The number of carboxylic acids is 1. The minimum Gasteiger partial charge on any atom is -0.481 e. The first-order valence-electron chi connectivity index (χ1n) is 8.57. The van der Waals surface area contributed by atoms with E-state index in [2.05, 4.69) is 26.0 Å². The summed E-state index contributed by atoms with van der Waals surface area (Å²) in [5.74, 6) is -0.634. The van der Waals surface area contributed by atoms with Crippen molar-refractivity contribution in [3.8, 4) is 0 Å². The molecular formula is C21H23NO3. The highest BCUT2D eigenvalue weighted by atomic mass is 16.4. The third kappa shape index (κ3) is 3.43. The lowest BCUT2D eigenvalue weighted by molar-refractivity contribution is -0.136. The van der Waals surface area contributed by atoms with E-state index in [0.717, 1.165) is 6.42 Å². The van der Waals surface area contributed by atoms with Crippen LogP contribution in [0.2, 0.25) is 0 Å². The summed E-state index contributed by atoms with van der Waals surface area (Å²) in [5.41, 5.74) is 2.17. The monoisotopic (exact) mass is 337 g/mol. The van der Waals surface area contributed by atoms with Gasteiger partial charge in [-0.3, -0.25) is 9.59 Å². The van der Waals surface area contributed by atoms with E-state index in [1.807, 2.05) is 23.1 Å². The largest absolute Gasteiger partial charge is 0.481 e. The van der Waals surface area contributed by atoms with Crippen LogP contribution in [0.5, 0.6) is 0 Å². The molecule has 1 fully saturated rings. The Kier molecular flexibility index (Phi) is 4.62. The van der Waals surface area contributed by atoms with Crippen LogP contribution in [-0.2, 0) is 11.2 Å². The second-order valence-corrected chi connectivity index (χ2v) is 7.13. The Morgan fingerprint density at radius 3 is 2.52 bits per heavy atom. The molecule has 2 aromatic carbocycles. The van der Waals surface area contributed by atoms with Crippen molar-refractivity contribution in [2.45, 2.75) is 38.1 Å². The third-order valence-electron chi connectivity index (χ3n) is 5.17. The van der Waals surface area contributed by atoms with Gasteiger partial charge in [0.2, 0.25) is 0 Å². The highest BCUT2D eigenvalue weighted by Gasteiger charge is 2.44. The molecule has 1 atom stereocenters. The van der Waals surface area contributed by atoms with Crippen LogP contribution >= 0.6 is 0 Å². The SMILES string of the molecule is CC1(C)C(c2ccccc2)CCN1C(=O)c1cccc(CC(=O)O)c1. The minimum absolute atomic E-state index is 0.0318. The Hall–Kier alpha value is -2.62. The Bertz CT molecular complexity index is 783. The van der Waals surface area contributed by atoms with Gasteiger partial charge in [-0.15, -0.1) is 0 Å². The van der Waals surface area contributed by atoms with Crippen LogP contribution < -0.4 is 0 Å². The van der Waals surface area contributed by atoms with Crippen molar-refractivity contribution >= 4 is 11.9 Å². The molecule has 130 valence electrons. The number of rotatable bonds is 4. The predicted octanol–water partition coefficient (Wildman–Crippen LogP) is 3.72. The lowest BCUT2D eigenvalue weighted by atomic mass is 9.82. The number of carbonyl (C=O) groups is 2. The van der Waals surface area contributed by atoms with Crippen molar-refractivity contribution in [1.82, 2.24) is 4.90 Å². The van der Waals surface area contributed by atoms with Gasteiger partial charge >= 0.3 is 5.97 Å². The van der Waals surface area contributed by atoms with Crippen molar-refractivity contribution in [3.05, 3.63) is 71.3 Å². The quantitative estimate of drug-likeness (QED) is 0.925. The summed E-state index contributed by atoms with van der Waals surface area (Å²) in [6.07, 6.45) is 0.856. The van der Waals surface area contributed by atoms with Gasteiger partial charge in [-0.25, -0.2) is 0 Å². The van der Waals surface area contributed by atoms with Gasteiger partial charge in [0.25, 0.3) is 5.91 Å². The van der Waals surface area contributed by atoms with Gasteiger partial charge < -0.3 is 10.0 Å². The molecule has 1 N–H and O–H groups in total. The van der Waals surface area contributed by atoms with Crippen LogP contribution in [0, 0.1) is 0 Å². The number of aliphatic carboxylic acids is 1. The first-order valence-corrected chi connectivity index (χ1v) is 8.57. The van der Waals surface area contributed by atoms with Gasteiger partial charge in [0.1, 0.15) is 0 Å². The average molecular weight is 337 g/mol. The summed E-state index contributed by atoms with van der Waals surface area (Å²) in [6, 6.07) is 17.3. The number of hydrogen-bond donors (Lipinski definition) is 1. The van der Waals surface area contributed by atoms with Crippen molar-refractivity contribution in [2.24, 2.45) is 0 Å². The van der Waals surface area contributed by atoms with Crippen molar-refractivity contribution in [1.29, 1.82) is 0 Å². The molecule has 0 bridgehead atoms. The zero-order valence-corrected chi connectivity index (χ0v) is 14.6. The molecule has 1 aliphatic heterocycles. The summed E-state index contributed by atoms with van der Waals surface area (Å²) in [6.45, 7) is 4.92. The molecule has 1 aliphatic rings. The van der Waals surface area contributed by atoms with Gasteiger partial charge in [-0.05, 0) is 43.5 Å². The van der Waals surface area contributed by atoms with E-state index >= 15 is 0 Å². The molecular weight excluding hydrogens is 314 g/mol. The van der Waals surface area contributed by atoms with E-state index < -0.39 is 5.97 Å². The average Bonchev–Trinajstić information content (AvgIpc) is 2.89. The van der Waals surface area contributed by atoms with Crippen molar-refractivity contribution < 1.29 is 14.7 Å². The number of amides is 1. The summed E-state index contributed by atoms with van der Waals surface area (Å²) in [7, 11) is 0. The standard InChI is InChI=1S/C21H23NO3/c1-21(2)18(16-8-4-3-5-9-16)11-12-22(21)20(25)17-10-6-7-15(13-17)14-19(23)24/h3-10,13,18H,11-12,14H2,1-2H3,(H,23,24). The van der Waals surface area contributed by atoms with E-state index in [4.69, 9.17) is 5.11 Å². The smallest absolute Gasteiger partial charge is 0.307 e. The van der Waals surface area contributed by atoms with Gasteiger partial charge in [-0.2, -0.15) is 0 Å². The molecule has 2 aromatic rings. The molecule has 4 nitrogen and oxygen atoms in total. The summed E-state index contributed by atoms with van der Waals surface area (Å²) in [5, 5.41) is 8.96. The predicted molar refractivity (Wildman–Crippen MR) is 96.7 cm³/mol. The molecule has 0 spiro atoms. The van der Waals surface area contributed by atoms with Crippen LogP contribution in [0.3, 0.4) is 0 Å². The molecule has 1 saturated heterocycles. The maximum Gasteiger partial charge on any atom is 0.307 e. The maximum atomic E-state index is 13.1. The topological polar surface area (TPSA) is 57.6 Å². The molecule has 3 rings (SSSR count). The summed E-state index contributed by atoms with van der Waals surface area (Å²) in [4.78, 5) is 25.9. The van der Waals surface area contributed by atoms with E-state index in [9.17, 15) is 9.59 Å². The number of carboxylic acid groups (broad SMARTS) is 1. The van der Waals surface area contributed by atoms with Crippen LogP contribution in [-0.4, -0.2) is 34.0 Å². The fraction of sp³-hybridized carbons (Fsp3) is 0.333. The molecule has 0 aliphatic carbocycles. The van der Waals surface area contributed by atoms with E-state index in [1.165, 1.54) is 5.56 Å². The third-order valence-corrected chi connectivity index (χ3v) is 5.17. The zero-order valence-electron chi connectivity index (χ0n) is 14.6. The lowest BCUT2D eigenvalue weighted by Gasteiger charge is -2.36. The van der Waals surface area contributed by atoms with Crippen LogP contribution in [0.1, 0.15) is 47.7 Å². The van der Waals surface area contributed by atoms with Crippen molar-refractivity contribution in [2.75, 3.05) is 6.54 Å². The van der Waals surface area contributed by atoms with Crippen LogP contribution in [0.25, 0.3) is 0 Å². The van der Waals surface area contributed by atoms with Crippen LogP contribution in [0.4, 0.5) is 0 Å². The van der Waals surface area contributed by atoms with Gasteiger partial charge in [0, 0.05) is 23.6 Å². The first kappa shape index (κ1) is 17.2. The first-order chi connectivity index (χ1) is 11.9. The molecule has 1 heterocycles. The molecule has 0 radical (unpaired) electrons. The fourth-order valence-corrected chi connectivity index (χ4v) is 3.86. The molecule has 0 aromatic heterocycles. The second-order valence-electron chi connectivity index (χ2n) is 7.13. The Balaban J connectivity index is 1.85. The molecule has 1 amide bonds. The van der Waals surface area contributed by atoms with E-state index in [-0.39, 0.29) is 17.9 Å². The van der Waals surface area contributed by atoms with Crippen LogP contribution in [0.15, 0.2) is 54.6 Å². The van der Waals surface area contributed by atoms with Gasteiger partial charge in [-0.1, -0.05) is 42.5 Å². The lowest BCUT2D eigenvalue weighted by Crippen LogP contribution is -2.45. The van der Waals surface area contributed by atoms with E-state index in [1.54, 1.807) is 24.3 Å². The zero-order chi connectivity index (χ0) is 18.0. The number of nitrogens with zero attached hydrogens (tertiary/aromatic N) is 1. The molecule has 25 heavy (non-hydrogen) atoms. The second kappa shape index (κ2) is 6.71. The number of benzene rings is 2. The van der Waals surface area contributed by atoms with Crippen molar-refractivity contribution in [3.63, 3.8) is 0 Å². The molecule has 1 unspecified atom stereocenters. The molecule has 4 heteroatoms. The Morgan fingerprint density at radius 2 is 1.84 bits per heavy atom. The van der Waals surface area contributed by atoms with E-state index in [0.29, 0.717) is 23.6 Å².